The molecule has 194 valence electrons. The molecule has 0 atom stereocenters. The Morgan fingerprint density at radius 1 is 1.28 bits per heavy atom. The lowest BCUT2D eigenvalue weighted by Crippen LogP contribution is -2.39. The maximum Gasteiger partial charge on any atom is 0.293 e. The van der Waals surface area contributed by atoms with E-state index in [9.17, 15) is 14.7 Å². The number of aliphatic hydroxyl groups excluding tert-OH is 1. The molecule has 36 heavy (non-hydrogen) atoms. The van der Waals surface area contributed by atoms with Gasteiger partial charge in [0.1, 0.15) is 11.7 Å². The van der Waals surface area contributed by atoms with Crippen molar-refractivity contribution in [3.05, 3.63) is 58.7 Å². The highest BCUT2D eigenvalue weighted by Crippen LogP contribution is 2.25. The summed E-state index contributed by atoms with van der Waals surface area (Å²) in [7, 11) is 1.52. The number of carbonyl (C=O) groups excluding carboxylic acids is 1. The molecule has 1 amide bonds. The maximum atomic E-state index is 13.0. The summed E-state index contributed by atoms with van der Waals surface area (Å²) in [6, 6.07) is 7.30. The van der Waals surface area contributed by atoms with Crippen LogP contribution in [-0.2, 0) is 4.79 Å². The molecule has 3 rings (SSSR count). The average molecular weight is 496 g/mol. The van der Waals surface area contributed by atoms with E-state index in [1.807, 2.05) is 45.9 Å². The van der Waals surface area contributed by atoms with Crippen LogP contribution in [0.5, 0.6) is 5.75 Å². The zero-order chi connectivity index (χ0) is 26.4. The molecule has 1 aliphatic heterocycles. The lowest BCUT2D eigenvalue weighted by atomic mass is 10.1. The summed E-state index contributed by atoms with van der Waals surface area (Å²) in [6.45, 7) is 13.0. The molecule has 2 heterocycles. The Kier molecular flexibility index (Phi) is 8.93. The van der Waals surface area contributed by atoms with E-state index in [0.29, 0.717) is 5.82 Å². The number of aliphatic hydroxyl groups is 1. The van der Waals surface area contributed by atoms with Gasteiger partial charge in [-0.15, -0.1) is 0 Å². The number of hydrogen-bond donors (Lipinski definition) is 3. The molecule has 1 fully saturated rings. The number of carbonyl (C=O) groups is 1. The van der Waals surface area contributed by atoms with Crippen molar-refractivity contribution in [1.29, 1.82) is 0 Å². The molecule has 0 unspecified atom stereocenters. The smallest absolute Gasteiger partial charge is 0.293 e. The molecule has 0 saturated carbocycles. The molecule has 3 N–H and O–H groups in total. The van der Waals surface area contributed by atoms with Crippen molar-refractivity contribution in [2.24, 2.45) is 4.99 Å². The predicted octanol–water partition coefficient (Wildman–Crippen LogP) is 3.41. The van der Waals surface area contributed by atoms with Crippen LogP contribution in [0.2, 0.25) is 0 Å². The summed E-state index contributed by atoms with van der Waals surface area (Å²) in [4.78, 5) is 31.7. The number of likely N-dealkylation sites (N-methyl/N-ethyl adjacent to an activating group) is 1. The number of aromatic nitrogens is 1. The summed E-state index contributed by atoms with van der Waals surface area (Å²) in [5.74, 6) is 1.34. The van der Waals surface area contributed by atoms with Crippen molar-refractivity contribution in [2.45, 2.75) is 52.7 Å². The van der Waals surface area contributed by atoms with Gasteiger partial charge >= 0.3 is 0 Å². The van der Waals surface area contributed by atoms with Gasteiger partial charge in [0, 0.05) is 37.3 Å². The summed E-state index contributed by atoms with van der Waals surface area (Å²) in [6.07, 6.45) is 2.96. The monoisotopic (exact) mass is 495 g/mol. The molecule has 9 nitrogen and oxygen atoms in total. The number of ether oxygens (including phenoxy) is 1. The Labute approximate surface area is 212 Å². The highest BCUT2D eigenvalue weighted by atomic mass is 16.5. The second kappa shape index (κ2) is 11.9. The van der Waals surface area contributed by atoms with Crippen LogP contribution in [0.15, 0.2) is 58.1 Å². The van der Waals surface area contributed by atoms with E-state index in [4.69, 9.17) is 9.73 Å². The molecule has 0 aliphatic carbocycles. The number of allylic oxidation sites excluding steroid dienone is 2. The average Bonchev–Trinajstić information content (AvgIpc) is 2.86. The van der Waals surface area contributed by atoms with Crippen LogP contribution in [0.3, 0.4) is 0 Å². The van der Waals surface area contributed by atoms with Crippen molar-refractivity contribution in [3.63, 3.8) is 0 Å². The molecule has 1 saturated heterocycles. The number of anilines is 1. The lowest BCUT2D eigenvalue weighted by Gasteiger charge is -2.31. The Bertz CT molecular complexity index is 1240. The van der Waals surface area contributed by atoms with Crippen molar-refractivity contribution in [2.75, 3.05) is 32.1 Å². The number of amidine groups is 1. The molecule has 1 aromatic heterocycles. The van der Waals surface area contributed by atoms with Gasteiger partial charge in [-0.25, -0.2) is 4.99 Å². The van der Waals surface area contributed by atoms with Crippen LogP contribution < -0.4 is 20.9 Å². The molecule has 9 heteroatoms. The van der Waals surface area contributed by atoms with E-state index >= 15 is 0 Å². The minimum absolute atomic E-state index is 0.101. The molecule has 0 spiro atoms. The second-order valence-electron chi connectivity index (χ2n) is 9.25. The fourth-order valence-corrected chi connectivity index (χ4v) is 4.10. The van der Waals surface area contributed by atoms with Gasteiger partial charge in [-0.3, -0.25) is 9.59 Å². The SMILES string of the molecule is C=C/C(C)=C(\N=C(/C)N1CCC(O)CC1)Nc1ccc2c(c1)cc(OCC(=O)NC)c(=O)n2C(C)C. The van der Waals surface area contributed by atoms with E-state index in [0.717, 1.165) is 53.9 Å². The lowest BCUT2D eigenvalue weighted by molar-refractivity contribution is -0.122. The standard InChI is InChI=1S/C27H37N5O4/c1-7-18(4)26(29-19(5)31-12-10-22(33)11-13-31)30-21-8-9-23-20(14-21)15-24(36-16-25(34)28-6)27(35)32(23)17(2)3/h7-9,14-15,17,22,30,33H,1,10-13,16H2,2-6H3,(H,28,34)/b26-18+,29-19+. The van der Waals surface area contributed by atoms with E-state index in [1.165, 1.54) is 7.05 Å². The number of aliphatic imine (C=N–C) groups is 1. The van der Waals surface area contributed by atoms with E-state index in [-0.39, 0.29) is 36.0 Å². The number of piperidine rings is 1. The number of likely N-dealkylation sites (tertiary alicyclic amines) is 1. The van der Waals surface area contributed by atoms with Gasteiger partial charge in [-0.2, -0.15) is 0 Å². The molecule has 1 aliphatic rings. The summed E-state index contributed by atoms with van der Waals surface area (Å²) < 4.78 is 7.22. The first-order valence-electron chi connectivity index (χ1n) is 12.3. The van der Waals surface area contributed by atoms with E-state index in [1.54, 1.807) is 16.7 Å². The minimum Gasteiger partial charge on any atom is -0.478 e. The van der Waals surface area contributed by atoms with Crippen molar-refractivity contribution < 1.29 is 14.6 Å². The Balaban J connectivity index is 1.97. The van der Waals surface area contributed by atoms with Crippen molar-refractivity contribution >= 4 is 28.3 Å². The van der Waals surface area contributed by atoms with Gasteiger partial charge in [0.05, 0.1) is 11.6 Å². The van der Waals surface area contributed by atoms with Crippen LogP contribution in [0.25, 0.3) is 10.9 Å². The summed E-state index contributed by atoms with van der Waals surface area (Å²) in [5, 5.41) is 16.5. The van der Waals surface area contributed by atoms with Crippen molar-refractivity contribution in [1.82, 2.24) is 14.8 Å². The molecule has 1 aromatic carbocycles. The number of benzene rings is 1. The number of pyridine rings is 1. The molecular formula is C27H37N5O4. The second-order valence-corrected chi connectivity index (χ2v) is 9.25. The Hall–Kier alpha value is -3.59. The zero-order valence-corrected chi connectivity index (χ0v) is 21.8. The first kappa shape index (κ1) is 27.0. The van der Waals surface area contributed by atoms with Gasteiger partial charge in [0.2, 0.25) is 0 Å². The van der Waals surface area contributed by atoms with Crippen LogP contribution in [0.4, 0.5) is 5.69 Å². The van der Waals surface area contributed by atoms with Crippen LogP contribution >= 0.6 is 0 Å². The fraction of sp³-hybridized carbons (Fsp3) is 0.444. The van der Waals surface area contributed by atoms with Crippen molar-refractivity contribution in [3.8, 4) is 5.75 Å². The topological polar surface area (TPSA) is 108 Å². The highest BCUT2D eigenvalue weighted by Gasteiger charge is 2.18. The normalized spacial score (nSPS) is 15.6. The minimum atomic E-state index is -0.313. The molecular weight excluding hydrogens is 458 g/mol. The largest absolute Gasteiger partial charge is 0.478 e. The fourth-order valence-electron chi connectivity index (χ4n) is 4.10. The van der Waals surface area contributed by atoms with Gasteiger partial charge in [0.15, 0.2) is 12.4 Å². The van der Waals surface area contributed by atoms with Crippen LogP contribution in [0, 0.1) is 0 Å². The Morgan fingerprint density at radius 2 is 1.97 bits per heavy atom. The van der Waals surface area contributed by atoms with E-state index in [2.05, 4.69) is 22.1 Å². The molecule has 2 aromatic rings. The number of nitrogens with zero attached hydrogens (tertiary/aromatic N) is 3. The zero-order valence-electron chi connectivity index (χ0n) is 21.8. The highest BCUT2D eigenvalue weighted by molar-refractivity contribution is 5.85. The first-order chi connectivity index (χ1) is 17.1. The van der Waals surface area contributed by atoms with E-state index < -0.39 is 0 Å². The summed E-state index contributed by atoms with van der Waals surface area (Å²) in [5.41, 5.74) is 2.16. The van der Waals surface area contributed by atoms with Crippen LogP contribution in [-0.4, -0.2) is 59.2 Å². The van der Waals surface area contributed by atoms with Gasteiger partial charge in [-0.1, -0.05) is 12.7 Å². The number of nitrogens with one attached hydrogen (secondary N) is 2. The maximum absolute atomic E-state index is 13.0. The molecule has 0 radical (unpaired) electrons. The van der Waals surface area contributed by atoms with Gasteiger partial charge < -0.3 is 29.9 Å². The number of fused-ring (bicyclic) bond motifs is 1. The quantitative estimate of drug-likeness (QED) is 0.294. The number of rotatable bonds is 8. The molecule has 0 bridgehead atoms. The summed E-state index contributed by atoms with van der Waals surface area (Å²) >= 11 is 0. The first-order valence-corrected chi connectivity index (χ1v) is 12.3. The third-order valence-corrected chi connectivity index (χ3v) is 6.30. The third-order valence-electron chi connectivity index (χ3n) is 6.30. The Morgan fingerprint density at radius 3 is 2.58 bits per heavy atom. The third kappa shape index (κ3) is 6.34. The van der Waals surface area contributed by atoms with Gasteiger partial charge in [-0.05, 0) is 70.4 Å². The van der Waals surface area contributed by atoms with Crippen LogP contribution in [0.1, 0.15) is 46.6 Å². The number of hydrogen-bond acceptors (Lipinski definition) is 6. The predicted molar refractivity (Wildman–Crippen MR) is 145 cm³/mol. The number of amides is 1. The van der Waals surface area contributed by atoms with Gasteiger partial charge in [0.25, 0.3) is 11.5 Å².